The SMILES string of the molecule is CCc1nn(C)c2c1[nH]c(=S)n2CC(C)COC. The van der Waals surface area contributed by atoms with Crippen molar-refractivity contribution < 1.29 is 4.74 Å². The second-order valence-corrected chi connectivity index (χ2v) is 5.11. The highest BCUT2D eigenvalue weighted by Gasteiger charge is 2.15. The highest BCUT2D eigenvalue weighted by molar-refractivity contribution is 7.71. The van der Waals surface area contributed by atoms with E-state index in [0.717, 1.165) is 41.2 Å². The molecule has 1 atom stereocenters. The molecule has 0 bridgehead atoms. The molecule has 0 amide bonds. The number of aromatic amines is 1. The number of fused-ring (bicyclic) bond motifs is 1. The number of hydrogen-bond donors (Lipinski definition) is 1. The standard InChI is InChI=1S/C12H20N4OS/c1-5-9-10-11(15(3)14-9)16(12(18)13-10)6-8(2)7-17-4/h8H,5-7H2,1-4H3,(H,13,18). The largest absolute Gasteiger partial charge is 0.384 e. The molecular formula is C12H20N4OS. The van der Waals surface area contributed by atoms with Gasteiger partial charge in [0.05, 0.1) is 12.3 Å². The van der Waals surface area contributed by atoms with Gasteiger partial charge in [-0.25, -0.2) is 0 Å². The fraction of sp³-hybridized carbons (Fsp3) is 0.667. The Kier molecular flexibility index (Phi) is 3.87. The summed E-state index contributed by atoms with van der Waals surface area (Å²) in [6.07, 6.45) is 0.903. The number of nitrogens with one attached hydrogen (secondary N) is 1. The van der Waals surface area contributed by atoms with E-state index in [9.17, 15) is 0 Å². The maximum Gasteiger partial charge on any atom is 0.179 e. The van der Waals surface area contributed by atoms with Gasteiger partial charge in [-0.2, -0.15) is 5.10 Å². The number of methoxy groups -OCH3 is 1. The van der Waals surface area contributed by atoms with E-state index in [1.54, 1.807) is 7.11 Å². The summed E-state index contributed by atoms with van der Waals surface area (Å²) in [4.78, 5) is 3.27. The summed E-state index contributed by atoms with van der Waals surface area (Å²) in [5, 5.41) is 4.51. The van der Waals surface area contributed by atoms with Gasteiger partial charge in [0.2, 0.25) is 0 Å². The van der Waals surface area contributed by atoms with E-state index >= 15 is 0 Å². The third kappa shape index (κ3) is 2.22. The molecule has 0 saturated heterocycles. The summed E-state index contributed by atoms with van der Waals surface area (Å²) in [5.41, 5.74) is 3.20. The average Bonchev–Trinajstić information content (AvgIpc) is 2.79. The van der Waals surface area contributed by atoms with Gasteiger partial charge in [0, 0.05) is 20.7 Å². The summed E-state index contributed by atoms with van der Waals surface area (Å²) < 4.78 is 9.96. The van der Waals surface area contributed by atoms with Crippen molar-refractivity contribution in [2.24, 2.45) is 13.0 Å². The van der Waals surface area contributed by atoms with Crippen LogP contribution in [0.3, 0.4) is 0 Å². The highest BCUT2D eigenvalue weighted by atomic mass is 32.1. The summed E-state index contributed by atoms with van der Waals surface area (Å²) >= 11 is 5.40. The molecule has 2 rings (SSSR count). The Morgan fingerprint density at radius 2 is 2.22 bits per heavy atom. The molecule has 2 aromatic heterocycles. The monoisotopic (exact) mass is 268 g/mol. The van der Waals surface area contributed by atoms with Crippen LogP contribution in [0.4, 0.5) is 0 Å². The third-order valence-electron chi connectivity index (χ3n) is 3.10. The number of aryl methyl sites for hydroxylation is 2. The third-order valence-corrected chi connectivity index (χ3v) is 3.42. The van der Waals surface area contributed by atoms with Crippen molar-refractivity contribution in [1.82, 2.24) is 19.3 Å². The number of hydrogen-bond acceptors (Lipinski definition) is 3. The Hall–Kier alpha value is -1.14. The van der Waals surface area contributed by atoms with Crippen LogP contribution in [0.5, 0.6) is 0 Å². The van der Waals surface area contributed by atoms with Crippen molar-refractivity contribution >= 4 is 23.4 Å². The molecule has 18 heavy (non-hydrogen) atoms. The van der Waals surface area contributed by atoms with Gasteiger partial charge in [0.1, 0.15) is 5.52 Å². The lowest BCUT2D eigenvalue weighted by Crippen LogP contribution is -2.14. The number of rotatable bonds is 5. The van der Waals surface area contributed by atoms with Crippen molar-refractivity contribution in [1.29, 1.82) is 0 Å². The molecule has 0 saturated carbocycles. The van der Waals surface area contributed by atoms with E-state index in [1.165, 1.54) is 0 Å². The lowest BCUT2D eigenvalue weighted by molar-refractivity contribution is 0.151. The Labute approximate surface area is 112 Å². The van der Waals surface area contributed by atoms with Crippen LogP contribution in [0.1, 0.15) is 19.5 Å². The van der Waals surface area contributed by atoms with Crippen LogP contribution >= 0.6 is 12.2 Å². The van der Waals surface area contributed by atoms with Crippen molar-refractivity contribution in [2.45, 2.75) is 26.8 Å². The molecule has 0 aliphatic heterocycles. The zero-order valence-corrected chi connectivity index (χ0v) is 12.2. The van der Waals surface area contributed by atoms with Crippen molar-refractivity contribution in [3.05, 3.63) is 10.5 Å². The fourth-order valence-electron chi connectivity index (χ4n) is 2.34. The number of aromatic nitrogens is 4. The van der Waals surface area contributed by atoms with Crippen LogP contribution in [0, 0.1) is 10.7 Å². The quantitative estimate of drug-likeness (QED) is 0.846. The molecule has 6 heteroatoms. The maximum absolute atomic E-state index is 5.40. The fourth-order valence-corrected chi connectivity index (χ4v) is 2.61. The van der Waals surface area contributed by atoms with Crippen LogP contribution in [-0.4, -0.2) is 33.0 Å². The molecule has 0 aliphatic carbocycles. The first-order chi connectivity index (χ1) is 8.58. The summed E-state index contributed by atoms with van der Waals surface area (Å²) in [6.45, 7) is 5.83. The van der Waals surface area contributed by atoms with Crippen molar-refractivity contribution in [2.75, 3.05) is 13.7 Å². The van der Waals surface area contributed by atoms with Crippen molar-refractivity contribution in [3.8, 4) is 0 Å². The molecule has 2 aromatic rings. The van der Waals surface area contributed by atoms with E-state index in [4.69, 9.17) is 17.0 Å². The molecule has 0 spiro atoms. The maximum atomic E-state index is 5.40. The van der Waals surface area contributed by atoms with Gasteiger partial charge in [-0.3, -0.25) is 4.68 Å². The molecule has 1 unspecified atom stereocenters. The number of ether oxygens (including phenoxy) is 1. The van der Waals surface area contributed by atoms with Gasteiger partial charge in [-0.1, -0.05) is 13.8 Å². The molecule has 5 nitrogen and oxygen atoms in total. The van der Waals surface area contributed by atoms with E-state index in [0.29, 0.717) is 5.92 Å². The van der Waals surface area contributed by atoms with E-state index in [-0.39, 0.29) is 0 Å². The predicted molar refractivity (Wildman–Crippen MR) is 74.3 cm³/mol. The zero-order valence-electron chi connectivity index (χ0n) is 11.4. The lowest BCUT2D eigenvalue weighted by atomic mass is 10.2. The lowest BCUT2D eigenvalue weighted by Gasteiger charge is -2.11. The minimum Gasteiger partial charge on any atom is -0.384 e. The van der Waals surface area contributed by atoms with E-state index < -0.39 is 0 Å². The molecule has 0 radical (unpaired) electrons. The summed E-state index contributed by atoms with van der Waals surface area (Å²) in [7, 11) is 3.68. The minimum atomic E-state index is 0.417. The van der Waals surface area contributed by atoms with Gasteiger partial charge in [-0.15, -0.1) is 0 Å². The Bertz CT molecular complexity index is 595. The number of H-pyrrole nitrogens is 1. The Morgan fingerprint density at radius 1 is 1.50 bits per heavy atom. The summed E-state index contributed by atoms with van der Waals surface area (Å²) in [6, 6.07) is 0. The van der Waals surface area contributed by atoms with Gasteiger partial charge in [0.15, 0.2) is 10.4 Å². The number of imidazole rings is 1. The normalized spacial score (nSPS) is 13.3. The van der Waals surface area contributed by atoms with E-state index in [2.05, 4.69) is 28.5 Å². The van der Waals surface area contributed by atoms with Crippen LogP contribution in [0.2, 0.25) is 0 Å². The van der Waals surface area contributed by atoms with Gasteiger partial charge < -0.3 is 14.3 Å². The van der Waals surface area contributed by atoms with Crippen LogP contribution in [0.25, 0.3) is 11.2 Å². The Balaban J connectivity index is 2.47. The molecule has 1 N–H and O–H groups in total. The molecular weight excluding hydrogens is 248 g/mol. The highest BCUT2D eigenvalue weighted by Crippen LogP contribution is 2.19. The molecule has 100 valence electrons. The first kappa shape index (κ1) is 13.3. The van der Waals surface area contributed by atoms with Gasteiger partial charge in [0.25, 0.3) is 0 Å². The smallest absolute Gasteiger partial charge is 0.179 e. The number of nitrogens with zero attached hydrogens (tertiary/aromatic N) is 3. The average molecular weight is 268 g/mol. The van der Waals surface area contributed by atoms with Crippen LogP contribution in [-0.2, 0) is 24.8 Å². The molecule has 0 fully saturated rings. The predicted octanol–water partition coefficient (Wildman–Crippen LogP) is 2.28. The molecule has 0 aliphatic rings. The van der Waals surface area contributed by atoms with Crippen LogP contribution < -0.4 is 0 Å². The zero-order chi connectivity index (χ0) is 13.3. The van der Waals surface area contributed by atoms with E-state index in [1.807, 2.05) is 11.7 Å². The topological polar surface area (TPSA) is 47.8 Å². The van der Waals surface area contributed by atoms with Crippen molar-refractivity contribution in [3.63, 3.8) is 0 Å². The molecule has 2 heterocycles. The second-order valence-electron chi connectivity index (χ2n) is 4.72. The first-order valence-corrected chi connectivity index (χ1v) is 6.62. The Morgan fingerprint density at radius 3 is 2.83 bits per heavy atom. The van der Waals surface area contributed by atoms with Crippen LogP contribution in [0.15, 0.2) is 0 Å². The summed E-state index contributed by atoms with van der Waals surface area (Å²) in [5.74, 6) is 0.417. The van der Waals surface area contributed by atoms with Gasteiger partial charge >= 0.3 is 0 Å². The second kappa shape index (κ2) is 5.24. The first-order valence-electron chi connectivity index (χ1n) is 6.21. The molecule has 0 aromatic carbocycles. The minimum absolute atomic E-state index is 0.417. The van der Waals surface area contributed by atoms with Gasteiger partial charge in [-0.05, 0) is 24.6 Å².